The van der Waals surface area contributed by atoms with Crippen LogP contribution in [0, 0.1) is 0 Å². The molecule has 0 aromatic heterocycles. The quantitative estimate of drug-likeness (QED) is 0.729. The van der Waals surface area contributed by atoms with E-state index in [9.17, 15) is 18.0 Å². The molecule has 1 N–H and O–H groups in total. The van der Waals surface area contributed by atoms with Crippen molar-refractivity contribution in [2.24, 2.45) is 0 Å². The summed E-state index contributed by atoms with van der Waals surface area (Å²) in [4.78, 5) is 26.5. The lowest BCUT2D eigenvalue weighted by atomic mass is 10.00. The van der Waals surface area contributed by atoms with Crippen molar-refractivity contribution >= 4 is 21.9 Å². The Bertz CT molecular complexity index is 1050. The predicted octanol–water partition coefficient (Wildman–Crippen LogP) is 1.87. The Morgan fingerprint density at radius 3 is 2.59 bits per heavy atom. The second-order valence-corrected chi connectivity index (χ2v) is 9.05. The summed E-state index contributed by atoms with van der Waals surface area (Å²) in [6, 6.07) is 13.6. The van der Waals surface area contributed by atoms with Crippen LogP contribution in [0.5, 0.6) is 0 Å². The molecular formula is C21H22N2O5S. The summed E-state index contributed by atoms with van der Waals surface area (Å²) in [7, 11) is -3.66. The zero-order valence-electron chi connectivity index (χ0n) is 15.8. The van der Waals surface area contributed by atoms with Gasteiger partial charge in [-0.05, 0) is 48.6 Å². The summed E-state index contributed by atoms with van der Waals surface area (Å²) < 4.78 is 32.3. The summed E-state index contributed by atoms with van der Waals surface area (Å²) in [5.41, 5.74) is 2.42. The summed E-state index contributed by atoms with van der Waals surface area (Å²) in [6.45, 7) is 0.694. The molecule has 2 aromatic rings. The van der Waals surface area contributed by atoms with Gasteiger partial charge in [0.05, 0.1) is 10.5 Å². The van der Waals surface area contributed by atoms with Gasteiger partial charge in [0.25, 0.3) is 5.91 Å². The van der Waals surface area contributed by atoms with Crippen molar-refractivity contribution in [2.45, 2.75) is 36.7 Å². The highest BCUT2D eigenvalue weighted by atomic mass is 32.2. The van der Waals surface area contributed by atoms with Crippen LogP contribution in [0.2, 0.25) is 0 Å². The molecule has 8 heteroatoms. The molecule has 1 aliphatic carbocycles. The van der Waals surface area contributed by atoms with E-state index in [0.717, 1.165) is 24.8 Å². The molecule has 0 saturated heterocycles. The fraction of sp³-hybridized carbons (Fsp3) is 0.333. The van der Waals surface area contributed by atoms with Gasteiger partial charge < -0.3 is 9.64 Å². The molecule has 152 valence electrons. The molecule has 0 bridgehead atoms. The number of esters is 1. The van der Waals surface area contributed by atoms with Crippen molar-refractivity contribution in [3.05, 3.63) is 65.2 Å². The lowest BCUT2D eigenvalue weighted by Crippen LogP contribution is -2.38. The molecule has 0 unspecified atom stereocenters. The van der Waals surface area contributed by atoms with Gasteiger partial charge in [0.2, 0.25) is 10.0 Å². The third kappa shape index (κ3) is 4.65. The number of sulfonamides is 1. The number of rotatable bonds is 6. The van der Waals surface area contributed by atoms with Gasteiger partial charge in [0.1, 0.15) is 0 Å². The van der Waals surface area contributed by atoms with Crippen molar-refractivity contribution in [3.63, 3.8) is 0 Å². The molecule has 0 radical (unpaired) electrons. The fourth-order valence-electron chi connectivity index (χ4n) is 3.29. The number of carbonyl (C=O) groups excluding carboxylic acids is 2. The molecule has 2 aromatic carbocycles. The Balaban J connectivity index is 1.36. The lowest BCUT2D eigenvalue weighted by molar-refractivity contribution is -0.135. The van der Waals surface area contributed by atoms with E-state index < -0.39 is 16.0 Å². The highest BCUT2D eigenvalue weighted by Gasteiger charge is 2.28. The zero-order valence-corrected chi connectivity index (χ0v) is 16.7. The SMILES string of the molecule is O=C(OCC(=O)N1CCc2ccccc2C1)c1cccc(S(=O)(=O)NC2CC2)c1. The fourth-order valence-corrected chi connectivity index (χ4v) is 4.64. The van der Waals surface area contributed by atoms with Crippen LogP contribution in [0.3, 0.4) is 0 Å². The minimum atomic E-state index is -3.66. The van der Waals surface area contributed by atoms with Crippen LogP contribution in [0.1, 0.15) is 34.3 Å². The molecular weight excluding hydrogens is 392 g/mol. The van der Waals surface area contributed by atoms with Crippen molar-refractivity contribution in [3.8, 4) is 0 Å². The van der Waals surface area contributed by atoms with Crippen molar-refractivity contribution in [1.29, 1.82) is 0 Å². The molecule has 0 atom stereocenters. The number of carbonyl (C=O) groups is 2. The van der Waals surface area contributed by atoms with Crippen molar-refractivity contribution < 1.29 is 22.7 Å². The Morgan fingerprint density at radius 1 is 1.07 bits per heavy atom. The first-order valence-electron chi connectivity index (χ1n) is 9.56. The Kier molecular flexibility index (Phi) is 5.38. The van der Waals surface area contributed by atoms with E-state index in [0.29, 0.717) is 13.1 Å². The minimum absolute atomic E-state index is 0.0119. The smallest absolute Gasteiger partial charge is 0.338 e. The van der Waals surface area contributed by atoms with Gasteiger partial charge in [-0.2, -0.15) is 0 Å². The third-order valence-electron chi connectivity index (χ3n) is 5.09. The number of fused-ring (bicyclic) bond motifs is 1. The predicted molar refractivity (Wildman–Crippen MR) is 106 cm³/mol. The first-order valence-corrected chi connectivity index (χ1v) is 11.0. The number of benzene rings is 2. The molecule has 29 heavy (non-hydrogen) atoms. The Labute approximate surface area is 169 Å². The van der Waals surface area contributed by atoms with Crippen LogP contribution in [-0.4, -0.2) is 44.4 Å². The van der Waals surface area contributed by atoms with Crippen LogP contribution in [-0.2, 0) is 32.5 Å². The number of hydrogen-bond donors (Lipinski definition) is 1. The molecule has 4 rings (SSSR count). The first-order chi connectivity index (χ1) is 13.9. The molecule has 1 aliphatic heterocycles. The first kappa shape index (κ1) is 19.6. The van der Waals surface area contributed by atoms with Crippen LogP contribution >= 0.6 is 0 Å². The molecule has 1 saturated carbocycles. The number of amides is 1. The standard InChI is InChI=1S/C21H22N2O5S/c24-20(23-11-10-15-4-1-2-5-17(15)13-23)14-28-21(25)16-6-3-7-19(12-16)29(26,27)22-18-8-9-18/h1-7,12,18,22H,8-11,13-14H2. The normalized spacial score (nSPS) is 16.2. The van der Waals surface area contributed by atoms with Gasteiger partial charge in [0.15, 0.2) is 6.61 Å². The highest BCUT2D eigenvalue weighted by molar-refractivity contribution is 7.89. The monoisotopic (exact) mass is 414 g/mol. The van der Waals surface area contributed by atoms with Crippen LogP contribution < -0.4 is 4.72 Å². The van der Waals surface area contributed by atoms with Crippen molar-refractivity contribution in [1.82, 2.24) is 9.62 Å². The maximum Gasteiger partial charge on any atom is 0.338 e. The maximum atomic E-state index is 12.4. The number of hydrogen-bond acceptors (Lipinski definition) is 5. The third-order valence-corrected chi connectivity index (χ3v) is 6.61. The Morgan fingerprint density at radius 2 is 1.83 bits per heavy atom. The van der Waals surface area contributed by atoms with Gasteiger partial charge in [0, 0.05) is 19.1 Å². The van der Waals surface area contributed by atoms with Gasteiger partial charge >= 0.3 is 5.97 Å². The van der Waals surface area contributed by atoms with E-state index in [1.54, 1.807) is 4.90 Å². The summed E-state index contributed by atoms with van der Waals surface area (Å²) >= 11 is 0. The van der Waals surface area contributed by atoms with Crippen LogP contribution in [0.15, 0.2) is 53.4 Å². The second-order valence-electron chi connectivity index (χ2n) is 7.33. The van der Waals surface area contributed by atoms with Crippen LogP contribution in [0.25, 0.3) is 0 Å². The van der Waals surface area contributed by atoms with Gasteiger partial charge in [-0.1, -0.05) is 30.3 Å². The van der Waals surface area contributed by atoms with Gasteiger partial charge in [-0.15, -0.1) is 0 Å². The molecule has 7 nitrogen and oxygen atoms in total. The van der Waals surface area contributed by atoms with E-state index in [1.807, 2.05) is 18.2 Å². The number of nitrogens with one attached hydrogen (secondary N) is 1. The van der Waals surface area contributed by atoms with Crippen LogP contribution in [0.4, 0.5) is 0 Å². The molecule has 0 spiro atoms. The largest absolute Gasteiger partial charge is 0.452 e. The van der Waals surface area contributed by atoms with E-state index in [4.69, 9.17) is 4.74 Å². The zero-order chi connectivity index (χ0) is 20.4. The number of ether oxygens (including phenoxy) is 1. The maximum absolute atomic E-state index is 12.4. The minimum Gasteiger partial charge on any atom is -0.452 e. The van der Waals surface area contributed by atoms with E-state index >= 15 is 0 Å². The number of nitrogens with zero attached hydrogens (tertiary/aromatic N) is 1. The van der Waals surface area contributed by atoms with Gasteiger partial charge in [-0.3, -0.25) is 4.79 Å². The van der Waals surface area contributed by atoms with Gasteiger partial charge in [-0.25, -0.2) is 17.9 Å². The molecule has 2 aliphatic rings. The lowest BCUT2D eigenvalue weighted by Gasteiger charge is -2.28. The summed E-state index contributed by atoms with van der Waals surface area (Å²) in [5.74, 6) is -0.994. The average Bonchev–Trinajstić information content (AvgIpc) is 3.54. The molecule has 1 heterocycles. The van der Waals surface area contributed by atoms with E-state index in [-0.39, 0.29) is 29.0 Å². The molecule has 1 fully saturated rings. The molecule has 1 amide bonds. The van der Waals surface area contributed by atoms with Crippen molar-refractivity contribution in [2.75, 3.05) is 13.2 Å². The topological polar surface area (TPSA) is 92.8 Å². The summed E-state index contributed by atoms with van der Waals surface area (Å²) in [6.07, 6.45) is 2.41. The Hall–Kier alpha value is -2.71. The average molecular weight is 414 g/mol. The van der Waals surface area contributed by atoms with E-state index in [1.165, 1.54) is 29.8 Å². The highest BCUT2D eigenvalue weighted by Crippen LogP contribution is 2.23. The second kappa shape index (κ2) is 7.96. The van der Waals surface area contributed by atoms with E-state index in [2.05, 4.69) is 10.8 Å². The summed E-state index contributed by atoms with van der Waals surface area (Å²) in [5, 5.41) is 0.